The number of aliphatic hydroxyl groups excluding tert-OH is 1. The monoisotopic (exact) mass is 602 g/mol. The van der Waals surface area contributed by atoms with Crippen LogP contribution in [0.3, 0.4) is 0 Å². The number of benzene rings is 2. The van der Waals surface area contributed by atoms with E-state index in [1.165, 1.54) is 30.0 Å². The summed E-state index contributed by atoms with van der Waals surface area (Å²) in [7, 11) is -4.33. The van der Waals surface area contributed by atoms with Gasteiger partial charge in [0.1, 0.15) is 36.5 Å². The Balaban J connectivity index is 1.28. The van der Waals surface area contributed by atoms with Gasteiger partial charge < -0.3 is 24.8 Å². The molecule has 0 spiro atoms. The lowest BCUT2D eigenvalue weighted by molar-refractivity contribution is -0.146. The average molecular weight is 603 g/mol. The highest BCUT2D eigenvalue weighted by Crippen LogP contribution is 2.46. The van der Waals surface area contributed by atoms with E-state index in [9.17, 15) is 23.7 Å². The summed E-state index contributed by atoms with van der Waals surface area (Å²) in [4.78, 5) is 35.3. The summed E-state index contributed by atoms with van der Waals surface area (Å²) in [6.07, 6.45) is -1.49. The molecule has 3 heterocycles. The van der Waals surface area contributed by atoms with Crippen LogP contribution in [0.15, 0.2) is 65.7 Å². The van der Waals surface area contributed by atoms with E-state index in [0.29, 0.717) is 0 Å². The first-order chi connectivity index (χ1) is 20.1. The summed E-state index contributed by atoms with van der Waals surface area (Å²) in [5, 5.41) is 13.2. The summed E-state index contributed by atoms with van der Waals surface area (Å²) in [6, 6.07) is 12.5. The zero-order valence-electron chi connectivity index (χ0n) is 22.3. The largest absolute Gasteiger partial charge is 0.460 e. The van der Waals surface area contributed by atoms with Gasteiger partial charge in [-0.2, -0.15) is 10.1 Å². The second-order valence-corrected chi connectivity index (χ2v) is 11.2. The molecule has 4 aromatic rings. The second-order valence-electron chi connectivity index (χ2n) is 9.49. The molecule has 1 aliphatic rings. The van der Waals surface area contributed by atoms with Crippen LogP contribution in [0.2, 0.25) is 0 Å². The first-order valence-corrected chi connectivity index (χ1v) is 14.4. The van der Waals surface area contributed by atoms with Gasteiger partial charge in [0.15, 0.2) is 11.2 Å². The quantitative estimate of drug-likeness (QED) is 0.145. The van der Waals surface area contributed by atoms with Gasteiger partial charge in [-0.3, -0.25) is 23.7 Å². The van der Waals surface area contributed by atoms with E-state index in [-0.39, 0.29) is 35.9 Å². The Morgan fingerprint density at radius 2 is 2.02 bits per heavy atom. The van der Waals surface area contributed by atoms with Crippen LogP contribution in [0, 0.1) is 5.82 Å². The van der Waals surface area contributed by atoms with E-state index in [4.69, 9.17) is 24.3 Å². The van der Waals surface area contributed by atoms with Crippen molar-refractivity contribution in [1.29, 1.82) is 0 Å². The van der Waals surface area contributed by atoms with Crippen molar-refractivity contribution in [2.45, 2.75) is 44.4 Å². The van der Waals surface area contributed by atoms with Gasteiger partial charge in [-0.05, 0) is 36.8 Å². The molecule has 2 aromatic heterocycles. The zero-order chi connectivity index (χ0) is 29.9. The van der Waals surface area contributed by atoms with Gasteiger partial charge in [-0.25, -0.2) is 13.9 Å². The number of carbonyl (C=O) groups excluding carboxylic acids is 1. The predicted molar refractivity (Wildman–Crippen MR) is 147 cm³/mol. The molecule has 1 fully saturated rings. The highest BCUT2D eigenvalue weighted by molar-refractivity contribution is 7.52. The minimum absolute atomic E-state index is 0.00150. The summed E-state index contributed by atoms with van der Waals surface area (Å²) >= 11 is 0. The molecule has 1 aliphatic heterocycles. The van der Waals surface area contributed by atoms with Gasteiger partial charge in [0, 0.05) is 6.42 Å². The van der Waals surface area contributed by atoms with Crippen molar-refractivity contribution < 1.29 is 37.4 Å². The molecular weight excluding hydrogens is 574 g/mol. The van der Waals surface area contributed by atoms with Crippen LogP contribution in [-0.4, -0.2) is 55.5 Å². The molecule has 2 aromatic carbocycles. The molecule has 14 nitrogen and oxygen atoms in total. The number of aliphatic hydroxyl groups is 1. The smallest absolute Gasteiger partial charge is 0.459 e. The van der Waals surface area contributed by atoms with E-state index >= 15 is 0 Å². The van der Waals surface area contributed by atoms with Crippen LogP contribution in [0.25, 0.3) is 11.2 Å². The maximum Gasteiger partial charge on any atom is 0.459 e. The standard InChI is InChI=1S/C26H28FN6O8P/c1-15(25(36)38-12-16-5-3-2-4-6-16)32-42(37,41-18-9-7-17(27)8-10-18)39-13-20-19(34)11-21(40-20)33-14-29-22-23(33)30-26(28)31-24(22)35/h2-10,14-15,19-21,34H,11-13H2,1H3,(H,32,37)(H3,28,30,31,35)/t15-,19?,20+,21+,42?/m0/s1. The zero-order valence-corrected chi connectivity index (χ0v) is 23.1. The fourth-order valence-corrected chi connectivity index (χ4v) is 5.73. The number of aromatic amines is 1. The van der Waals surface area contributed by atoms with E-state index in [0.717, 1.165) is 17.7 Å². The summed E-state index contributed by atoms with van der Waals surface area (Å²) in [5.41, 5.74) is 6.08. The maximum absolute atomic E-state index is 13.8. The molecule has 5 atom stereocenters. The number of carbonyl (C=O) groups is 1. The van der Waals surface area contributed by atoms with Crippen molar-refractivity contribution in [2.75, 3.05) is 12.3 Å². The Morgan fingerprint density at radius 3 is 2.76 bits per heavy atom. The Morgan fingerprint density at radius 1 is 1.29 bits per heavy atom. The number of nitrogens with zero attached hydrogens (tertiary/aromatic N) is 3. The number of H-pyrrole nitrogens is 1. The number of nitrogens with two attached hydrogens (primary N) is 1. The molecular formula is C26H28FN6O8P. The van der Waals surface area contributed by atoms with Gasteiger partial charge in [0.05, 0.1) is 19.0 Å². The number of nitrogens with one attached hydrogen (secondary N) is 2. The van der Waals surface area contributed by atoms with Crippen LogP contribution >= 0.6 is 7.75 Å². The van der Waals surface area contributed by atoms with Crippen molar-refractivity contribution in [3.63, 3.8) is 0 Å². The molecule has 5 rings (SSSR count). The highest BCUT2D eigenvalue weighted by Gasteiger charge is 2.40. The van der Waals surface area contributed by atoms with Crippen LogP contribution in [0.1, 0.15) is 25.1 Å². The molecule has 2 unspecified atom stereocenters. The molecule has 5 N–H and O–H groups in total. The minimum atomic E-state index is -4.33. The topological polar surface area (TPSA) is 193 Å². The number of imidazole rings is 1. The average Bonchev–Trinajstić information content (AvgIpc) is 3.55. The Bertz CT molecular complexity index is 1650. The number of hydrogen-bond acceptors (Lipinski definition) is 11. The third-order valence-electron chi connectivity index (χ3n) is 6.34. The first kappa shape index (κ1) is 29.4. The number of ether oxygens (including phenoxy) is 2. The van der Waals surface area contributed by atoms with Crippen molar-refractivity contribution in [2.24, 2.45) is 0 Å². The van der Waals surface area contributed by atoms with E-state index < -0.39 is 56.2 Å². The van der Waals surface area contributed by atoms with Gasteiger partial charge in [0.25, 0.3) is 5.56 Å². The third-order valence-corrected chi connectivity index (χ3v) is 7.99. The summed E-state index contributed by atoms with van der Waals surface area (Å²) in [6.45, 7) is 0.977. The normalized spacial score (nSPS) is 20.7. The molecule has 222 valence electrons. The number of fused-ring (bicyclic) bond motifs is 1. The van der Waals surface area contributed by atoms with Gasteiger partial charge in [0.2, 0.25) is 5.95 Å². The molecule has 42 heavy (non-hydrogen) atoms. The third kappa shape index (κ3) is 6.83. The fraction of sp³-hybridized carbons (Fsp3) is 0.308. The number of aromatic nitrogens is 4. The van der Waals surface area contributed by atoms with Gasteiger partial charge in [-0.1, -0.05) is 30.3 Å². The number of anilines is 1. The van der Waals surface area contributed by atoms with Crippen LogP contribution in [-0.2, 0) is 30.0 Å². The number of rotatable bonds is 11. The molecule has 1 saturated heterocycles. The lowest BCUT2D eigenvalue weighted by Gasteiger charge is -2.24. The van der Waals surface area contributed by atoms with E-state index in [1.807, 2.05) is 6.07 Å². The van der Waals surface area contributed by atoms with Crippen LogP contribution < -0.4 is 20.9 Å². The molecule has 0 amide bonds. The number of nitrogen functional groups attached to an aromatic ring is 1. The second kappa shape index (κ2) is 12.4. The van der Waals surface area contributed by atoms with Crippen molar-refractivity contribution in [1.82, 2.24) is 24.6 Å². The van der Waals surface area contributed by atoms with Crippen LogP contribution in [0.4, 0.5) is 10.3 Å². The highest BCUT2D eigenvalue weighted by atomic mass is 31.2. The number of hydrogen-bond donors (Lipinski definition) is 4. The Labute approximate surface area is 238 Å². The SMILES string of the molecule is C[C@H](NP(=O)(OC[C@H]1O[C@@H](n2cnc3c(=O)[nH]c(N)nc32)CC1O)Oc1ccc(F)cc1)C(=O)OCc1ccccc1. The Hall–Kier alpha value is -4.14. The van der Waals surface area contributed by atoms with Crippen molar-refractivity contribution in [3.05, 3.63) is 82.7 Å². The van der Waals surface area contributed by atoms with Crippen LogP contribution in [0.5, 0.6) is 5.75 Å². The number of esters is 1. The molecule has 0 radical (unpaired) electrons. The Kier molecular flexibility index (Phi) is 8.66. The van der Waals surface area contributed by atoms with Crippen molar-refractivity contribution >= 4 is 30.8 Å². The summed E-state index contributed by atoms with van der Waals surface area (Å²) < 4.78 is 51.1. The molecule has 16 heteroatoms. The lowest BCUT2D eigenvalue weighted by Crippen LogP contribution is -2.36. The van der Waals surface area contributed by atoms with Gasteiger partial charge >= 0.3 is 13.7 Å². The first-order valence-electron chi connectivity index (χ1n) is 12.8. The number of halogens is 1. The lowest BCUT2D eigenvalue weighted by atomic mass is 10.2. The molecule has 0 bridgehead atoms. The fourth-order valence-electron chi connectivity index (χ4n) is 4.23. The van der Waals surface area contributed by atoms with E-state index in [1.54, 1.807) is 24.3 Å². The van der Waals surface area contributed by atoms with E-state index in [2.05, 4.69) is 20.0 Å². The summed E-state index contributed by atoms with van der Waals surface area (Å²) in [5.74, 6) is -1.38. The molecule has 0 saturated carbocycles. The predicted octanol–water partition coefficient (Wildman–Crippen LogP) is 2.41. The van der Waals surface area contributed by atoms with Crippen molar-refractivity contribution in [3.8, 4) is 5.75 Å². The molecule has 0 aliphatic carbocycles. The van der Waals surface area contributed by atoms with Gasteiger partial charge in [-0.15, -0.1) is 0 Å². The minimum Gasteiger partial charge on any atom is -0.460 e. The maximum atomic E-state index is 13.8.